The summed E-state index contributed by atoms with van der Waals surface area (Å²) in [6.07, 6.45) is 5.25. The SMILES string of the molecule is COC1(c2ncc(C#N)c(=O)[nH]2)CCCC(C)C1. The molecule has 1 N–H and O–H groups in total. The standard InChI is InChI=1S/C13H17N3O2/c1-9-4-3-5-13(6-9,18-2)12-15-8-10(7-14)11(17)16-12/h8-9H,3-6H2,1-2H3,(H,15,16,17). The first-order chi connectivity index (χ1) is 8.61. The number of nitrogens with zero attached hydrogens (tertiary/aromatic N) is 2. The Bertz CT molecular complexity index is 532. The highest BCUT2D eigenvalue weighted by Gasteiger charge is 2.39. The van der Waals surface area contributed by atoms with Gasteiger partial charge in [0, 0.05) is 7.11 Å². The van der Waals surface area contributed by atoms with Crippen LogP contribution in [0.25, 0.3) is 0 Å². The first kappa shape index (κ1) is 12.8. The molecule has 1 aliphatic carbocycles. The van der Waals surface area contributed by atoms with E-state index in [2.05, 4.69) is 16.9 Å². The number of methoxy groups -OCH3 is 1. The zero-order valence-corrected chi connectivity index (χ0v) is 10.7. The summed E-state index contributed by atoms with van der Waals surface area (Å²) in [7, 11) is 1.65. The third-order valence-corrected chi connectivity index (χ3v) is 3.70. The molecule has 0 bridgehead atoms. The van der Waals surface area contributed by atoms with Gasteiger partial charge >= 0.3 is 0 Å². The largest absolute Gasteiger partial charge is 0.370 e. The van der Waals surface area contributed by atoms with E-state index in [0.717, 1.165) is 19.3 Å². The fourth-order valence-corrected chi connectivity index (χ4v) is 2.71. The Labute approximate surface area is 106 Å². The Hall–Kier alpha value is -1.67. The number of H-pyrrole nitrogens is 1. The minimum absolute atomic E-state index is 0.0360. The van der Waals surface area contributed by atoms with E-state index in [1.54, 1.807) is 7.11 Å². The molecule has 1 aliphatic rings. The predicted molar refractivity (Wildman–Crippen MR) is 65.9 cm³/mol. The number of hydrogen-bond acceptors (Lipinski definition) is 4. The number of nitriles is 1. The van der Waals surface area contributed by atoms with Gasteiger partial charge in [-0.2, -0.15) is 5.26 Å². The fraction of sp³-hybridized carbons (Fsp3) is 0.615. The first-order valence-electron chi connectivity index (χ1n) is 6.16. The molecule has 5 nitrogen and oxygen atoms in total. The number of aromatic amines is 1. The van der Waals surface area contributed by atoms with E-state index >= 15 is 0 Å². The van der Waals surface area contributed by atoms with Crippen molar-refractivity contribution in [2.45, 2.75) is 38.2 Å². The smallest absolute Gasteiger partial charge is 0.268 e. The minimum Gasteiger partial charge on any atom is -0.370 e. The zero-order valence-electron chi connectivity index (χ0n) is 10.7. The lowest BCUT2D eigenvalue weighted by molar-refractivity contribution is -0.0648. The highest BCUT2D eigenvalue weighted by atomic mass is 16.5. The van der Waals surface area contributed by atoms with E-state index in [-0.39, 0.29) is 5.56 Å². The number of nitrogens with one attached hydrogen (secondary N) is 1. The number of ether oxygens (including phenoxy) is 1. The van der Waals surface area contributed by atoms with Crippen LogP contribution in [0.2, 0.25) is 0 Å². The van der Waals surface area contributed by atoms with Gasteiger partial charge in [0.15, 0.2) is 0 Å². The number of hydrogen-bond donors (Lipinski definition) is 1. The van der Waals surface area contributed by atoms with Gasteiger partial charge in [0.2, 0.25) is 0 Å². The highest BCUT2D eigenvalue weighted by molar-refractivity contribution is 5.23. The molecule has 1 saturated carbocycles. The van der Waals surface area contributed by atoms with Crippen molar-refractivity contribution in [3.8, 4) is 6.07 Å². The van der Waals surface area contributed by atoms with Gasteiger partial charge in [0.25, 0.3) is 5.56 Å². The van der Waals surface area contributed by atoms with Crippen molar-refractivity contribution in [2.75, 3.05) is 7.11 Å². The summed E-state index contributed by atoms with van der Waals surface area (Å²) in [5, 5.41) is 8.74. The molecule has 0 radical (unpaired) electrons. The zero-order chi connectivity index (χ0) is 13.2. The molecule has 2 unspecified atom stereocenters. The van der Waals surface area contributed by atoms with Crippen molar-refractivity contribution in [1.82, 2.24) is 9.97 Å². The van der Waals surface area contributed by atoms with Gasteiger partial charge in [-0.15, -0.1) is 0 Å². The second-order valence-corrected chi connectivity index (χ2v) is 4.99. The summed E-state index contributed by atoms with van der Waals surface area (Å²) >= 11 is 0. The summed E-state index contributed by atoms with van der Waals surface area (Å²) in [6, 6.07) is 1.82. The van der Waals surface area contributed by atoms with Crippen molar-refractivity contribution >= 4 is 0 Å². The van der Waals surface area contributed by atoms with Gasteiger partial charge in [-0.3, -0.25) is 4.79 Å². The van der Waals surface area contributed by atoms with Crippen LogP contribution in [0.5, 0.6) is 0 Å². The summed E-state index contributed by atoms with van der Waals surface area (Å²) < 4.78 is 5.65. The third kappa shape index (κ3) is 2.16. The Balaban J connectivity index is 2.42. The molecule has 1 fully saturated rings. The molecular formula is C13H17N3O2. The minimum atomic E-state index is -0.509. The average Bonchev–Trinajstić information content (AvgIpc) is 2.38. The Kier molecular flexibility index (Phi) is 3.48. The number of aromatic nitrogens is 2. The van der Waals surface area contributed by atoms with Crippen LogP contribution in [0.3, 0.4) is 0 Å². The van der Waals surface area contributed by atoms with Gasteiger partial charge in [-0.1, -0.05) is 13.3 Å². The molecule has 5 heteroatoms. The Morgan fingerprint density at radius 2 is 2.44 bits per heavy atom. The van der Waals surface area contributed by atoms with Crippen molar-refractivity contribution in [1.29, 1.82) is 5.26 Å². The molecule has 0 aliphatic heterocycles. The average molecular weight is 247 g/mol. The molecular weight excluding hydrogens is 230 g/mol. The maximum absolute atomic E-state index is 11.7. The molecule has 1 heterocycles. The van der Waals surface area contributed by atoms with Crippen LogP contribution < -0.4 is 5.56 Å². The maximum Gasteiger partial charge on any atom is 0.268 e. The van der Waals surface area contributed by atoms with E-state index in [4.69, 9.17) is 10.00 Å². The molecule has 0 saturated heterocycles. The van der Waals surface area contributed by atoms with E-state index < -0.39 is 11.2 Å². The Morgan fingerprint density at radius 3 is 3.00 bits per heavy atom. The van der Waals surface area contributed by atoms with Crippen LogP contribution in [-0.2, 0) is 10.3 Å². The van der Waals surface area contributed by atoms with Gasteiger partial charge in [0.05, 0.1) is 6.20 Å². The maximum atomic E-state index is 11.7. The topological polar surface area (TPSA) is 78.8 Å². The first-order valence-corrected chi connectivity index (χ1v) is 6.16. The molecule has 0 aromatic carbocycles. The second-order valence-electron chi connectivity index (χ2n) is 4.99. The molecule has 0 amide bonds. The molecule has 2 atom stereocenters. The Morgan fingerprint density at radius 1 is 1.67 bits per heavy atom. The summed E-state index contributed by atoms with van der Waals surface area (Å²) in [4.78, 5) is 18.6. The van der Waals surface area contributed by atoms with Crippen LogP contribution in [0.4, 0.5) is 0 Å². The van der Waals surface area contributed by atoms with Crippen molar-refractivity contribution < 1.29 is 4.74 Å². The van der Waals surface area contributed by atoms with Gasteiger partial charge in [-0.25, -0.2) is 4.98 Å². The van der Waals surface area contributed by atoms with Gasteiger partial charge in [0.1, 0.15) is 23.1 Å². The normalized spacial score (nSPS) is 27.7. The van der Waals surface area contributed by atoms with E-state index in [9.17, 15) is 4.79 Å². The predicted octanol–water partition coefficient (Wildman–Crippen LogP) is 1.69. The van der Waals surface area contributed by atoms with Crippen LogP contribution in [0.1, 0.15) is 44.0 Å². The van der Waals surface area contributed by atoms with E-state index in [1.807, 2.05) is 6.07 Å². The van der Waals surface area contributed by atoms with E-state index in [1.165, 1.54) is 12.6 Å². The third-order valence-electron chi connectivity index (χ3n) is 3.70. The second kappa shape index (κ2) is 4.91. The summed E-state index contributed by atoms with van der Waals surface area (Å²) in [5.41, 5.74) is -0.865. The highest BCUT2D eigenvalue weighted by Crippen LogP contribution is 2.40. The lowest BCUT2D eigenvalue weighted by Gasteiger charge is -2.37. The fourth-order valence-electron chi connectivity index (χ4n) is 2.71. The van der Waals surface area contributed by atoms with Gasteiger partial charge < -0.3 is 9.72 Å². The van der Waals surface area contributed by atoms with Crippen molar-refractivity contribution in [3.05, 3.63) is 27.9 Å². The lowest BCUT2D eigenvalue weighted by atomic mass is 9.78. The molecule has 1 aromatic heterocycles. The lowest BCUT2D eigenvalue weighted by Crippen LogP contribution is -2.37. The molecule has 1 aromatic rings. The molecule has 96 valence electrons. The molecule has 18 heavy (non-hydrogen) atoms. The quantitative estimate of drug-likeness (QED) is 0.862. The van der Waals surface area contributed by atoms with Crippen molar-refractivity contribution in [2.24, 2.45) is 5.92 Å². The molecule has 0 spiro atoms. The van der Waals surface area contributed by atoms with Crippen molar-refractivity contribution in [3.63, 3.8) is 0 Å². The van der Waals surface area contributed by atoms with E-state index in [0.29, 0.717) is 11.7 Å². The van der Waals surface area contributed by atoms with Crippen LogP contribution in [0, 0.1) is 17.2 Å². The van der Waals surface area contributed by atoms with Crippen LogP contribution in [-0.4, -0.2) is 17.1 Å². The number of rotatable bonds is 2. The van der Waals surface area contributed by atoms with Gasteiger partial charge in [-0.05, 0) is 25.2 Å². The van der Waals surface area contributed by atoms with Crippen LogP contribution >= 0.6 is 0 Å². The monoisotopic (exact) mass is 247 g/mol. The summed E-state index contributed by atoms with van der Waals surface area (Å²) in [6.45, 7) is 2.18. The summed E-state index contributed by atoms with van der Waals surface area (Å²) in [5.74, 6) is 1.08. The molecule has 2 rings (SSSR count). The van der Waals surface area contributed by atoms with Crippen LogP contribution in [0.15, 0.2) is 11.0 Å².